The smallest absolute Gasteiger partial charge is 0.319 e. The van der Waals surface area contributed by atoms with E-state index >= 15 is 0 Å². The van der Waals surface area contributed by atoms with Crippen LogP contribution in [0.1, 0.15) is 11.6 Å². The van der Waals surface area contributed by atoms with Gasteiger partial charge in [-0.3, -0.25) is 0 Å². The molecule has 0 radical (unpaired) electrons. The highest BCUT2D eigenvalue weighted by atomic mass is 35.5. The predicted molar refractivity (Wildman–Crippen MR) is 59.4 cm³/mol. The summed E-state index contributed by atoms with van der Waals surface area (Å²) in [6, 6.07) is -0.769. The van der Waals surface area contributed by atoms with Gasteiger partial charge in [0.1, 0.15) is 6.04 Å². The third-order valence-corrected chi connectivity index (χ3v) is 3.16. The van der Waals surface area contributed by atoms with Crippen LogP contribution in [-0.4, -0.2) is 12.1 Å². The fraction of sp³-hybridized carbons (Fsp3) is 0.333. The highest BCUT2D eigenvalue weighted by Gasteiger charge is 2.62. The average Bonchev–Trinajstić information content (AvgIpc) is 2.20. The number of hydrogen-bond donors (Lipinski definition) is 1. The number of rotatable bonds is 2. The molecule has 0 amide bonds. The lowest BCUT2D eigenvalue weighted by Gasteiger charge is -2.26. The summed E-state index contributed by atoms with van der Waals surface area (Å²) in [6.07, 6.45) is -5.80. The second-order valence-corrected chi connectivity index (χ2v) is 4.61. The van der Waals surface area contributed by atoms with Crippen LogP contribution in [0, 0.1) is 0 Å². The van der Waals surface area contributed by atoms with Crippen molar-refractivity contribution in [2.24, 2.45) is 5.73 Å². The van der Waals surface area contributed by atoms with Crippen LogP contribution in [0.3, 0.4) is 0 Å². The van der Waals surface area contributed by atoms with Crippen LogP contribution in [0.15, 0.2) is 12.1 Å². The fourth-order valence-corrected chi connectivity index (χ4v) is 1.91. The normalized spacial score (nSPS) is 14.7. The van der Waals surface area contributed by atoms with E-state index in [1.807, 2.05) is 0 Å². The van der Waals surface area contributed by atoms with Gasteiger partial charge in [0.25, 0.3) is 0 Å². The summed E-state index contributed by atoms with van der Waals surface area (Å²) in [5.74, 6) is -5.15. The van der Waals surface area contributed by atoms with Crippen LogP contribution in [0.25, 0.3) is 0 Å². The minimum absolute atomic E-state index is 0.146. The Hall–Kier alpha value is -0.300. The van der Waals surface area contributed by atoms with Crippen molar-refractivity contribution in [1.82, 2.24) is 0 Å². The Bertz CT molecular complexity index is 460. The number of nitrogens with two attached hydrogens (primary N) is 1. The first kappa shape index (κ1) is 15.8. The molecule has 18 heavy (non-hydrogen) atoms. The zero-order valence-electron chi connectivity index (χ0n) is 8.33. The minimum atomic E-state index is -5.80. The highest BCUT2D eigenvalue weighted by molar-refractivity contribution is 6.43. The zero-order valence-corrected chi connectivity index (χ0v) is 10.6. The molecule has 0 aliphatic carbocycles. The monoisotopic (exact) mass is 327 g/mol. The van der Waals surface area contributed by atoms with Gasteiger partial charge in [0.15, 0.2) is 0 Å². The van der Waals surface area contributed by atoms with E-state index in [4.69, 9.17) is 40.5 Å². The first-order valence-corrected chi connectivity index (χ1v) is 5.46. The Morgan fingerprint density at radius 2 is 1.50 bits per heavy atom. The molecule has 102 valence electrons. The summed E-state index contributed by atoms with van der Waals surface area (Å²) < 4.78 is 62.6. The molecule has 1 aromatic rings. The van der Waals surface area contributed by atoms with E-state index < -0.39 is 28.7 Å². The quantitative estimate of drug-likeness (QED) is 0.610. The van der Waals surface area contributed by atoms with Gasteiger partial charge in [-0.1, -0.05) is 34.8 Å². The Morgan fingerprint density at radius 1 is 1.00 bits per heavy atom. The average molecular weight is 328 g/mol. The molecule has 1 nitrogen and oxygen atoms in total. The van der Waals surface area contributed by atoms with Gasteiger partial charge in [0.2, 0.25) is 0 Å². The van der Waals surface area contributed by atoms with E-state index in [1.165, 1.54) is 0 Å². The molecule has 9 heteroatoms. The molecule has 0 aliphatic rings. The fourth-order valence-electron chi connectivity index (χ4n) is 1.17. The van der Waals surface area contributed by atoms with Crippen molar-refractivity contribution >= 4 is 34.8 Å². The zero-order chi connectivity index (χ0) is 14.3. The van der Waals surface area contributed by atoms with E-state index in [0.29, 0.717) is 0 Å². The van der Waals surface area contributed by atoms with Gasteiger partial charge >= 0.3 is 12.1 Å². The summed E-state index contributed by atoms with van der Waals surface area (Å²) in [5, 5.41) is -0.891. The standard InChI is InChI=1S/C9H5Cl3F5N/c10-3-1-4(6(12)5(11)2-3)7(18)8(13,14)9(15,16)17/h1-2,7H,18H2/t7-/m1/s1. The van der Waals surface area contributed by atoms with Crippen molar-refractivity contribution in [3.8, 4) is 0 Å². The molecule has 0 bridgehead atoms. The van der Waals surface area contributed by atoms with Crippen molar-refractivity contribution in [2.45, 2.75) is 18.1 Å². The van der Waals surface area contributed by atoms with E-state index in [2.05, 4.69) is 0 Å². The maximum atomic E-state index is 13.1. The Balaban J connectivity index is 3.31. The summed E-state index contributed by atoms with van der Waals surface area (Å²) in [4.78, 5) is 0. The SMILES string of the molecule is N[C@H](c1cc(Cl)cc(Cl)c1Cl)C(F)(F)C(F)(F)F. The lowest BCUT2D eigenvalue weighted by Crippen LogP contribution is -2.46. The first-order chi connectivity index (χ1) is 7.98. The van der Waals surface area contributed by atoms with Crippen LogP contribution >= 0.6 is 34.8 Å². The van der Waals surface area contributed by atoms with E-state index in [9.17, 15) is 22.0 Å². The summed E-state index contributed by atoms with van der Waals surface area (Å²) >= 11 is 16.6. The minimum Gasteiger partial charge on any atom is -0.319 e. The second-order valence-electron chi connectivity index (χ2n) is 3.39. The molecule has 0 saturated heterocycles. The molecule has 0 fully saturated rings. The molecular formula is C9H5Cl3F5N. The number of benzene rings is 1. The highest BCUT2D eigenvalue weighted by Crippen LogP contribution is 2.46. The Morgan fingerprint density at radius 3 is 1.94 bits per heavy atom. The topological polar surface area (TPSA) is 26.0 Å². The maximum absolute atomic E-state index is 13.1. The van der Waals surface area contributed by atoms with Crippen molar-refractivity contribution in [1.29, 1.82) is 0 Å². The van der Waals surface area contributed by atoms with Crippen LogP contribution in [0.4, 0.5) is 22.0 Å². The Kier molecular flexibility index (Phi) is 4.37. The molecule has 2 N–H and O–H groups in total. The van der Waals surface area contributed by atoms with Crippen LogP contribution in [0.5, 0.6) is 0 Å². The molecule has 0 spiro atoms. The Labute approximate surface area is 114 Å². The van der Waals surface area contributed by atoms with Gasteiger partial charge in [-0.25, -0.2) is 0 Å². The van der Waals surface area contributed by atoms with Crippen LogP contribution < -0.4 is 5.73 Å². The second kappa shape index (κ2) is 5.00. The molecule has 0 aromatic heterocycles. The van der Waals surface area contributed by atoms with Crippen molar-refractivity contribution in [3.63, 3.8) is 0 Å². The van der Waals surface area contributed by atoms with Gasteiger partial charge in [-0.15, -0.1) is 0 Å². The lowest BCUT2D eigenvalue weighted by molar-refractivity contribution is -0.290. The number of hydrogen-bond acceptors (Lipinski definition) is 1. The van der Waals surface area contributed by atoms with E-state index in [-0.39, 0.29) is 10.0 Å². The molecular weight excluding hydrogens is 323 g/mol. The third-order valence-electron chi connectivity index (χ3n) is 2.12. The maximum Gasteiger partial charge on any atom is 0.455 e. The predicted octanol–water partition coefficient (Wildman–Crippen LogP) is 4.84. The molecule has 1 rings (SSSR count). The van der Waals surface area contributed by atoms with Gasteiger partial charge < -0.3 is 5.73 Å². The largest absolute Gasteiger partial charge is 0.455 e. The number of alkyl halides is 5. The molecule has 1 aromatic carbocycles. The van der Waals surface area contributed by atoms with E-state index in [1.54, 1.807) is 0 Å². The van der Waals surface area contributed by atoms with Crippen molar-refractivity contribution in [2.75, 3.05) is 0 Å². The van der Waals surface area contributed by atoms with Crippen molar-refractivity contribution in [3.05, 3.63) is 32.8 Å². The molecule has 1 atom stereocenters. The van der Waals surface area contributed by atoms with Crippen LogP contribution in [-0.2, 0) is 0 Å². The summed E-state index contributed by atoms with van der Waals surface area (Å²) in [7, 11) is 0. The lowest BCUT2D eigenvalue weighted by atomic mass is 10.0. The first-order valence-electron chi connectivity index (χ1n) is 4.33. The van der Waals surface area contributed by atoms with Gasteiger partial charge in [0.05, 0.1) is 10.0 Å². The third kappa shape index (κ3) is 2.82. The van der Waals surface area contributed by atoms with Gasteiger partial charge in [-0.05, 0) is 17.7 Å². The summed E-state index contributed by atoms with van der Waals surface area (Å²) in [5.41, 5.74) is 4.26. The van der Waals surface area contributed by atoms with Gasteiger partial charge in [0, 0.05) is 5.02 Å². The van der Waals surface area contributed by atoms with Gasteiger partial charge in [-0.2, -0.15) is 22.0 Å². The molecule has 0 unspecified atom stereocenters. The number of halogens is 8. The van der Waals surface area contributed by atoms with E-state index in [0.717, 1.165) is 12.1 Å². The molecule has 0 heterocycles. The van der Waals surface area contributed by atoms with Crippen LogP contribution in [0.2, 0.25) is 15.1 Å². The van der Waals surface area contributed by atoms with Crippen molar-refractivity contribution < 1.29 is 22.0 Å². The summed E-state index contributed by atoms with van der Waals surface area (Å²) in [6.45, 7) is 0. The molecule has 0 saturated carbocycles. The molecule has 0 aliphatic heterocycles.